The highest BCUT2D eigenvalue weighted by Crippen LogP contribution is 2.36. The van der Waals surface area contributed by atoms with E-state index in [4.69, 9.17) is 5.26 Å². The second-order valence-electron chi connectivity index (χ2n) is 7.81. The van der Waals surface area contributed by atoms with Crippen molar-refractivity contribution in [3.8, 4) is 6.07 Å². The molecular weight excluding hydrogens is 441 g/mol. The highest BCUT2D eigenvalue weighted by molar-refractivity contribution is 7.92. The molecule has 0 saturated carbocycles. The van der Waals surface area contributed by atoms with Crippen LogP contribution in [0.25, 0.3) is 0 Å². The third-order valence-electron chi connectivity index (χ3n) is 5.60. The summed E-state index contributed by atoms with van der Waals surface area (Å²) < 4.78 is 42.3. The fraction of sp³-hybridized carbons (Fsp3) is 0.200. The van der Waals surface area contributed by atoms with Gasteiger partial charge in [0.25, 0.3) is 10.0 Å². The molecule has 0 fully saturated rings. The number of aryl methyl sites for hydroxylation is 2. The quantitative estimate of drug-likeness (QED) is 0.586. The summed E-state index contributed by atoms with van der Waals surface area (Å²) in [5.74, 6) is -0.782. The standard InChI is InChI=1S/C25H22FN3O3S/c26-22-16-18(11-13-20(22)17-27)12-14-24(30)29-15-5-7-19-6-4-10-23(25(19)29)28-33(31,32)21-8-2-1-3-9-21/h1-4,6,8-11,13,16,28H,5,7,12,14-15H2. The van der Waals surface area contributed by atoms with Crippen LogP contribution in [0.4, 0.5) is 15.8 Å². The summed E-state index contributed by atoms with van der Waals surface area (Å²) in [6, 6.07) is 19.5. The van der Waals surface area contributed by atoms with Gasteiger partial charge in [-0.2, -0.15) is 5.26 Å². The number of fused-ring (bicyclic) bond motifs is 1. The minimum atomic E-state index is -3.82. The largest absolute Gasteiger partial charge is 0.310 e. The summed E-state index contributed by atoms with van der Waals surface area (Å²) in [7, 11) is -3.82. The number of halogens is 1. The Labute approximate surface area is 192 Å². The molecule has 3 aromatic carbocycles. The van der Waals surface area contributed by atoms with Crippen LogP contribution in [-0.2, 0) is 27.7 Å². The number of anilines is 2. The zero-order chi connectivity index (χ0) is 23.4. The van der Waals surface area contributed by atoms with Gasteiger partial charge in [-0.05, 0) is 60.7 Å². The Kier molecular flexibility index (Phi) is 6.43. The molecule has 6 nitrogen and oxygen atoms in total. The Hall–Kier alpha value is -3.70. The van der Waals surface area contributed by atoms with Crippen LogP contribution in [0.5, 0.6) is 0 Å². The molecule has 33 heavy (non-hydrogen) atoms. The van der Waals surface area contributed by atoms with E-state index < -0.39 is 15.8 Å². The second-order valence-corrected chi connectivity index (χ2v) is 9.49. The lowest BCUT2D eigenvalue weighted by atomic mass is 9.99. The molecule has 1 aliphatic heterocycles. The van der Waals surface area contributed by atoms with E-state index in [1.165, 1.54) is 24.3 Å². The van der Waals surface area contributed by atoms with E-state index in [-0.39, 0.29) is 22.8 Å². The van der Waals surface area contributed by atoms with E-state index in [9.17, 15) is 17.6 Å². The van der Waals surface area contributed by atoms with Gasteiger partial charge in [-0.1, -0.05) is 36.4 Å². The maximum atomic E-state index is 13.9. The predicted molar refractivity (Wildman–Crippen MR) is 124 cm³/mol. The molecule has 1 heterocycles. The first-order valence-electron chi connectivity index (χ1n) is 10.6. The maximum absolute atomic E-state index is 13.9. The Morgan fingerprint density at radius 2 is 1.88 bits per heavy atom. The van der Waals surface area contributed by atoms with Gasteiger partial charge in [0.1, 0.15) is 11.9 Å². The normalized spacial score (nSPS) is 13.2. The number of rotatable bonds is 6. The summed E-state index contributed by atoms with van der Waals surface area (Å²) >= 11 is 0. The van der Waals surface area contributed by atoms with Crippen LogP contribution in [0.1, 0.15) is 29.5 Å². The molecule has 1 aliphatic rings. The molecule has 0 atom stereocenters. The van der Waals surface area contributed by atoms with Crippen LogP contribution in [-0.4, -0.2) is 20.9 Å². The Morgan fingerprint density at radius 3 is 2.61 bits per heavy atom. The van der Waals surface area contributed by atoms with Crippen molar-refractivity contribution in [2.45, 2.75) is 30.6 Å². The Bertz CT molecular complexity index is 1330. The van der Waals surface area contributed by atoms with Crippen molar-refractivity contribution in [3.05, 3.63) is 89.2 Å². The minimum Gasteiger partial charge on any atom is -0.310 e. The molecule has 0 bridgehead atoms. The highest BCUT2D eigenvalue weighted by Gasteiger charge is 2.27. The summed E-state index contributed by atoms with van der Waals surface area (Å²) in [5.41, 5.74) is 2.40. The van der Waals surface area contributed by atoms with Crippen molar-refractivity contribution in [2.75, 3.05) is 16.2 Å². The number of nitriles is 1. The maximum Gasteiger partial charge on any atom is 0.261 e. The number of nitrogens with zero attached hydrogens (tertiary/aromatic N) is 2. The molecule has 0 aliphatic carbocycles. The smallest absolute Gasteiger partial charge is 0.261 e. The van der Waals surface area contributed by atoms with Crippen molar-refractivity contribution in [3.63, 3.8) is 0 Å². The van der Waals surface area contributed by atoms with Crippen LogP contribution in [0.15, 0.2) is 71.6 Å². The lowest BCUT2D eigenvalue weighted by Gasteiger charge is -2.32. The SMILES string of the molecule is N#Cc1ccc(CCC(=O)N2CCCc3cccc(NS(=O)(=O)c4ccccc4)c32)cc1F. The zero-order valence-corrected chi connectivity index (χ0v) is 18.6. The van der Waals surface area contributed by atoms with Crippen molar-refractivity contribution < 1.29 is 17.6 Å². The molecule has 8 heteroatoms. The lowest BCUT2D eigenvalue weighted by molar-refractivity contribution is -0.118. The van der Waals surface area contributed by atoms with Gasteiger partial charge in [0, 0.05) is 13.0 Å². The molecule has 1 N–H and O–H groups in total. The summed E-state index contributed by atoms with van der Waals surface area (Å²) in [5, 5.41) is 8.87. The molecule has 0 spiro atoms. The third-order valence-corrected chi connectivity index (χ3v) is 6.98. The van der Waals surface area contributed by atoms with Crippen molar-refractivity contribution in [2.24, 2.45) is 0 Å². The third kappa shape index (κ3) is 4.89. The van der Waals surface area contributed by atoms with Crippen LogP contribution in [0, 0.1) is 17.1 Å². The van der Waals surface area contributed by atoms with Gasteiger partial charge < -0.3 is 4.90 Å². The van der Waals surface area contributed by atoms with Gasteiger partial charge in [-0.3, -0.25) is 9.52 Å². The molecule has 0 radical (unpaired) electrons. The first-order chi connectivity index (χ1) is 15.9. The van der Waals surface area contributed by atoms with Gasteiger partial charge in [0.15, 0.2) is 0 Å². The zero-order valence-electron chi connectivity index (χ0n) is 17.8. The molecule has 4 rings (SSSR count). The average Bonchev–Trinajstić information content (AvgIpc) is 2.83. The van der Waals surface area contributed by atoms with Crippen molar-refractivity contribution in [1.82, 2.24) is 0 Å². The Balaban J connectivity index is 1.57. The van der Waals surface area contributed by atoms with Gasteiger partial charge in [-0.15, -0.1) is 0 Å². The van der Waals surface area contributed by atoms with E-state index in [0.717, 1.165) is 18.4 Å². The van der Waals surface area contributed by atoms with E-state index in [2.05, 4.69) is 4.72 Å². The summed E-state index contributed by atoms with van der Waals surface area (Å²) in [6.45, 7) is 0.470. The second kappa shape index (κ2) is 9.43. The molecule has 168 valence electrons. The number of sulfonamides is 1. The number of carbonyl (C=O) groups excluding carboxylic acids is 1. The number of para-hydroxylation sites is 1. The number of hydrogen-bond acceptors (Lipinski definition) is 4. The number of hydrogen-bond donors (Lipinski definition) is 1. The van der Waals surface area contributed by atoms with Gasteiger partial charge >= 0.3 is 0 Å². The number of amides is 1. The first kappa shape index (κ1) is 22.5. The van der Waals surface area contributed by atoms with Crippen LogP contribution < -0.4 is 9.62 Å². The van der Waals surface area contributed by atoms with E-state index in [0.29, 0.717) is 29.9 Å². The van der Waals surface area contributed by atoms with E-state index in [1.807, 2.05) is 6.07 Å². The van der Waals surface area contributed by atoms with Crippen molar-refractivity contribution >= 4 is 27.3 Å². The monoisotopic (exact) mass is 463 g/mol. The molecule has 0 saturated heterocycles. The van der Waals surface area contributed by atoms with E-state index >= 15 is 0 Å². The van der Waals surface area contributed by atoms with Crippen LogP contribution >= 0.6 is 0 Å². The van der Waals surface area contributed by atoms with Gasteiger partial charge in [-0.25, -0.2) is 12.8 Å². The number of carbonyl (C=O) groups is 1. The average molecular weight is 464 g/mol. The Morgan fingerprint density at radius 1 is 1.09 bits per heavy atom. The van der Waals surface area contributed by atoms with Crippen molar-refractivity contribution in [1.29, 1.82) is 5.26 Å². The molecule has 0 aromatic heterocycles. The molecule has 1 amide bonds. The predicted octanol–water partition coefficient (Wildman–Crippen LogP) is 4.41. The number of benzene rings is 3. The fourth-order valence-corrected chi connectivity index (χ4v) is 5.06. The molecule has 0 unspecified atom stereocenters. The number of nitrogens with one attached hydrogen (secondary N) is 1. The fourth-order valence-electron chi connectivity index (χ4n) is 3.98. The van der Waals surface area contributed by atoms with E-state index in [1.54, 1.807) is 47.4 Å². The first-order valence-corrected chi connectivity index (χ1v) is 12.1. The van der Waals surface area contributed by atoms with Crippen LogP contribution in [0.3, 0.4) is 0 Å². The minimum absolute atomic E-state index is 0.0367. The summed E-state index contributed by atoms with van der Waals surface area (Å²) in [6.07, 6.45) is 1.94. The highest BCUT2D eigenvalue weighted by atomic mass is 32.2. The van der Waals surface area contributed by atoms with Gasteiger partial charge in [0.2, 0.25) is 5.91 Å². The topological polar surface area (TPSA) is 90.3 Å². The lowest BCUT2D eigenvalue weighted by Crippen LogP contribution is -2.36. The molecular formula is C25H22FN3O3S. The summed E-state index contributed by atoms with van der Waals surface area (Å²) in [4.78, 5) is 14.9. The van der Waals surface area contributed by atoms with Gasteiger partial charge in [0.05, 0.1) is 21.8 Å². The van der Waals surface area contributed by atoms with Crippen LogP contribution in [0.2, 0.25) is 0 Å². The molecule has 3 aromatic rings.